The summed E-state index contributed by atoms with van der Waals surface area (Å²) in [7, 11) is 0. The summed E-state index contributed by atoms with van der Waals surface area (Å²) in [6.45, 7) is 2.23. The van der Waals surface area contributed by atoms with E-state index in [1.807, 2.05) is 12.1 Å². The fraction of sp³-hybridized carbons (Fsp3) is 0.391. The lowest BCUT2D eigenvalue weighted by molar-refractivity contribution is 0.308. The van der Waals surface area contributed by atoms with Crippen LogP contribution < -0.4 is 0 Å². The molecule has 2 aromatic carbocycles. The molecular weight excluding hydrogens is 333 g/mol. The van der Waals surface area contributed by atoms with Gasteiger partial charge in [0.1, 0.15) is 5.82 Å². The summed E-state index contributed by atoms with van der Waals surface area (Å²) in [6, 6.07) is 11.9. The molecule has 0 saturated heterocycles. The first-order valence-electron chi connectivity index (χ1n) is 9.50. The van der Waals surface area contributed by atoms with Crippen LogP contribution in [0.2, 0.25) is 0 Å². The van der Waals surface area contributed by atoms with Gasteiger partial charge in [0.15, 0.2) is 11.7 Å². The lowest BCUT2D eigenvalue weighted by Gasteiger charge is -2.28. The minimum atomic E-state index is -0.960. The van der Waals surface area contributed by atoms with Crippen LogP contribution in [-0.4, -0.2) is 0 Å². The van der Waals surface area contributed by atoms with Crippen molar-refractivity contribution in [3.8, 4) is 0 Å². The second kappa shape index (κ2) is 8.57. The number of halogens is 3. The van der Waals surface area contributed by atoms with Crippen LogP contribution >= 0.6 is 0 Å². The van der Waals surface area contributed by atoms with Crippen LogP contribution in [0.1, 0.15) is 68.1 Å². The topological polar surface area (TPSA) is 0 Å². The van der Waals surface area contributed by atoms with E-state index in [1.165, 1.54) is 56.2 Å². The minimum Gasteiger partial charge on any atom is -0.207 e. The summed E-state index contributed by atoms with van der Waals surface area (Å²) in [5, 5.41) is 0. The first kappa shape index (κ1) is 18.8. The second-order valence-electron chi connectivity index (χ2n) is 7.26. The highest BCUT2D eigenvalue weighted by Gasteiger charge is 2.22. The summed E-state index contributed by atoms with van der Waals surface area (Å²) >= 11 is 0. The SMILES string of the molecule is CCCC1CCC(c2ccc(/C(F)=C(\F)c3ccc(F)cc3)cc2)CC1. The van der Waals surface area contributed by atoms with Crippen LogP contribution in [-0.2, 0) is 0 Å². The third-order valence-electron chi connectivity index (χ3n) is 5.47. The summed E-state index contributed by atoms with van der Waals surface area (Å²) in [5.74, 6) is -0.973. The fourth-order valence-electron chi connectivity index (χ4n) is 3.94. The van der Waals surface area contributed by atoms with Crippen molar-refractivity contribution < 1.29 is 13.2 Å². The Bertz CT molecular complexity index is 736. The van der Waals surface area contributed by atoms with E-state index in [2.05, 4.69) is 6.92 Å². The largest absolute Gasteiger partial charge is 0.207 e. The average Bonchev–Trinajstić information content (AvgIpc) is 2.68. The van der Waals surface area contributed by atoms with E-state index in [-0.39, 0.29) is 11.1 Å². The van der Waals surface area contributed by atoms with Crippen molar-refractivity contribution in [3.05, 3.63) is 71.0 Å². The van der Waals surface area contributed by atoms with Gasteiger partial charge in [0.25, 0.3) is 0 Å². The molecule has 2 aromatic rings. The molecule has 0 bridgehead atoms. The first-order valence-corrected chi connectivity index (χ1v) is 9.50. The van der Waals surface area contributed by atoms with Crippen molar-refractivity contribution in [2.75, 3.05) is 0 Å². The molecule has 0 aliphatic heterocycles. The molecule has 1 aliphatic rings. The smallest absolute Gasteiger partial charge is 0.166 e. The third-order valence-corrected chi connectivity index (χ3v) is 5.47. The van der Waals surface area contributed by atoms with Crippen LogP contribution in [0.3, 0.4) is 0 Å². The van der Waals surface area contributed by atoms with Crippen LogP contribution in [0.15, 0.2) is 48.5 Å². The molecule has 0 unspecified atom stereocenters. The van der Waals surface area contributed by atoms with Crippen LogP contribution in [0.4, 0.5) is 13.2 Å². The molecular formula is C23H25F3. The normalized spacial score (nSPS) is 21.4. The van der Waals surface area contributed by atoms with Crippen LogP contribution in [0.5, 0.6) is 0 Å². The zero-order chi connectivity index (χ0) is 18.5. The molecule has 1 saturated carbocycles. The fourth-order valence-corrected chi connectivity index (χ4v) is 3.94. The van der Waals surface area contributed by atoms with Gasteiger partial charge in [0.05, 0.1) is 0 Å². The predicted molar refractivity (Wildman–Crippen MR) is 101 cm³/mol. The molecule has 0 aromatic heterocycles. The predicted octanol–water partition coefficient (Wildman–Crippen LogP) is 7.66. The van der Waals surface area contributed by atoms with Gasteiger partial charge in [-0.1, -0.05) is 44.0 Å². The van der Waals surface area contributed by atoms with E-state index in [1.54, 1.807) is 12.1 Å². The van der Waals surface area contributed by atoms with Crippen molar-refractivity contribution in [2.24, 2.45) is 5.92 Å². The number of benzene rings is 2. The van der Waals surface area contributed by atoms with E-state index in [0.29, 0.717) is 5.92 Å². The number of rotatable bonds is 5. The van der Waals surface area contributed by atoms with Crippen molar-refractivity contribution >= 4 is 11.7 Å². The Hall–Kier alpha value is -2.03. The highest BCUT2D eigenvalue weighted by atomic mass is 19.2. The van der Waals surface area contributed by atoms with Crippen molar-refractivity contribution in [3.63, 3.8) is 0 Å². The maximum Gasteiger partial charge on any atom is 0.166 e. The maximum atomic E-state index is 14.4. The molecule has 3 heteroatoms. The van der Waals surface area contributed by atoms with E-state index in [0.717, 1.165) is 18.1 Å². The maximum absolute atomic E-state index is 14.4. The Kier molecular flexibility index (Phi) is 6.18. The van der Waals surface area contributed by atoms with E-state index < -0.39 is 17.5 Å². The molecule has 26 heavy (non-hydrogen) atoms. The monoisotopic (exact) mass is 358 g/mol. The second-order valence-corrected chi connectivity index (χ2v) is 7.26. The lowest BCUT2D eigenvalue weighted by Crippen LogP contribution is -2.13. The van der Waals surface area contributed by atoms with Crippen LogP contribution in [0.25, 0.3) is 11.7 Å². The lowest BCUT2D eigenvalue weighted by atomic mass is 9.77. The van der Waals surface area contributed by atoms with E-state index in [4.69, 9.17) is 0 Å². The summed E-state index contributed by atoms with van der Waals surface area (Å²) in [5.41, 5.74) is 1.47. The summed E-state index contributed by atoms with van der Waals surface area (Å²) in [4.78, 5) is 0. The molecule has 0 amide bonds. The molecule has 0 heterocycles. The molecule has 0 N–H and O–H groups in total. The zero-order valence-corrected chi connectivity index (χ0v) is 15.2. The van der Waals surface area contributed by atoms with E-state index in [9.17, 15) is 13.2 Å². The van der Waals surface area contributed by atoms with Crippen LogP contribution in [0, 0.1) is 11.7 Å². The molecule has 0 nitrogen and oxygen atoms in total. The Morgan fingerprint density at radius 3 is 1.81 bits per heavy atom. The molecule has 1 fully saturated rings. The number of hydrogen-bond donors (Lipinski definition) is 0. The standard InChI is InChI=1S/C23H25F3/c1-2-3-16-4-6-17(7-5-16)18-8-10-19(11-9-18)22(25)23(26)20-12-14-21(24)15-13-20/h8-17H,2-7H2,1H3/b23-22+. The number of hydrogen-bond acceptors (Lipinski definition) is 0. The zero-order valence-electron chi connectivity index (χ0n) is 15.2. The Morgan fingerprint density at radius 2 is 1.31 bits per heavy atom. The molecule has 1 aliphatic carbocycles. The van der Waals surface area contributed by atoms with Gasteiger partial charge in [-0.25, -0.2) is 13.2 Å². The summed E-state index contributed by atoms with van der Waals surface area (Å²) < 4.78 is 41.7. The molecule has 138 valence electrons. The van der Waals surface area contributed by atoms with Gasteiger partial charge < -0.3 is 0 Å². The first-order chi connectivity index (χ1) is 12.6. The molecule has 3 rings (SSSR count). The minimum absolute atomic E-state index is 0.0437. The van der Waals surface area contributed by atoms with Gasteiger partial charge in [-0.05, 0) is 67.3 Å². The van der Waals surface area contributed by atoms with Gasteiger partial charge in [-0.2, -0.15) is 0 Å². The van der Waals surface area contributed by atoms with E-state index >= 15 is 0 Å². The Balaban J connectivity index is 1.71. The van der Waals surface area contributed by atoms with Gasteiger partial charge in [0.2, 0.25) is 0 Å². The molecule has 0 atom stereocenters. The molecule has 0 radical (unpaired) electrons. The van der Waals surface area contributed by atoms with Gasteiger partial charge in [0, 0.05) is 11.1 Å². The molecule has 0 spiro atoms. The van der Waals surface area contributed by atoms with Gasteiger partial charge in [-0.3, -0.25) is 0 Å². The van der Waals surface area contributed by atoms with Gasteiger partial charge >= 0.3 is 0 Å². The average molecular weight is 358 g/mol. The Morgan fingerprint density at radius 1 is 0.808 bits per heavy atom. The quantitative estimate of drug-likeness (QED) is 0.481. The highest BCUT2D eigenvalue weighted by molar-refractivity contribution is 5.83. The van der Waals surface area contributed by atoms with Crippen molar-refractivity contribution in [2.45, 2.75) is 51.4 Å². The third kappa shape index (κ3) is 4.38. The van der Waals surface area contributed by atoms with Crippen molar-refractivity contribution in [1.29, 1.82) is 0 Å². The van der Waals surface area contributed by atoms with Crippen molar-refractivity contribution in [1.82, 2.24) is 0 Å². The van der Waals surface area contributed by atoms with Gasteiger partial charge in [-0.15, -0.1) is 0 Å². The Labute approximate surface area is 153 Å². The summed E-state index contributed by atoms with van der Waals surface area (Å²) in [6.07, 6.45) is 7.42. The highest BCUT2D eigenvalue weighted by Crippen LogP contribution is 2.38.